The summed E-state index contributed by atoms with van der Waals surface area (Å²) in [7, 11) is 1.80. The smallest absolute Gasteiger partial charge is 0.298 e. The Labute approximate surface area is 177 Å². The van der Waals surface area contributed by atoms with Crippen LogP contribution in [0.2, 0.25) is 0 Å². The van der Waals surface area contributed by atoms with Gasteiger partial charge in [0, 0.05) is 7.05 Å². The van der Waals surface area contributed by atoms with Gasteiger partial charge in [-0.15, -0.1) is 0 Å². The highest BCUT2D eigenvalue weighted by atomic mass is 32.2. The number of carbonyl (C=O) groups excluding carboxylic acids is 2. The molecule has 0 spiro atoms. The Balaban J connectivity index is 1.26. The van der Waals surface area contributed by atoms with Gasteiger partial charge in [-0.05, 0) is 36.2 Å². The number of para-hydroxylation sites is 2. The fourth-order valence-electron chi connectivity index (χ4n) is 3.13. The van der Waals surface area contributed by atoms with Crippen LogP contribution < -0.4 is 15.0 Å². The van der Waals surface area contributed by atoms with Gasteiger partial charge in [0.2, 0.25) is 5.91 Å². The van der Waals surface area contributed by atoms with E-state index in [0.717, 1.165) is 22.8 Å². The first-order chi connectivity index (χ1) is 14.5. The van der Waals surface area contributed by atoms with E-state index in [0.29, 0.717) is 30.3 Å². The fraction of sp³-hybridized carbons (Fsp3) is 0.286. The summed E-state index contributed by atoms with van der Waals surface area (Å²) in [6.07, 6.45) is -0.269. The number of amides is 2. The molecule has 0 saturated carbocycles. The lowest BCUT2D eigenvalue weighted by atomic mass is 10.1. The molecule has 2 atom stereocenters. The van der Waals surface area contributed by atoms with Crippen LogP contribution >= 0.6 is 11.8 Å². The minimum atomic E-state index is -0.741. The molecule has 2 unspecified atom stereocenters. The molecule has 2 amide bonds. The largest absolute Gasteiger partial charge is 0.491 e. The molecule has 1 aliphatic heterocycles. The van der Waals surface area contributed by atoms with E-state index in [-0.39, 0.29) is 17.8 Å². The molecule has 30 heavy (non-hydrogen) atoms. The molecule has 2 aromatic carbocycles. The zero-order valence-corrected chi connectivity index (χ0v) is 17.1. The molecule has 156 valence electrons. The number of aromatic nitrogens is 1. The van der Waals surface area contributed by atoms with Crippen LogP contribution in [0.3, 0.4) is 0 Å². The summed E-state index contributed by atoms with van der Waals surface area (Å²) in [4.78, 5) is 29.0. The van der Waals surface area contributed by atoms with Crippen molar-refractivity contribution in [3.63, 3.8) is 0 Å². The lowest BCUT2D eigenvalue weighted by molar-refractivity contribution is -0.118. The molecule has 1 saturated heterocycles. The number of fused-ring (bicyclic) bond motifs is 1. The van der Waals surface area contributed by atoms with Gasteiger partial charge in [0.05, 0.1) is 11.8 Å². The van der Waals surface area contributed by atoms with Gasteiger partial charge in [-0.1, -0.05) is 36.0 Å². The third-order valence-corrected chi connectivity index (χ3v) is 5.63. The Bertz CT molecular complexity index is 1020. The number of nitrogens with zero attached hydrogens (tertiary/aromatic N) is 2. The van der Waals surface area contributed by atoms with Crippen LogP contribution in [0.1, 0.15) is 5.56 Å². The van der Waals surface area contributed by atoms with Gasteiger partial charge in [0.15, 0.2) is 5.58 Å². The zero-order valence-electron chi connectivity index (χ0n) is 16.3. The number of carbonyl (C=O) groups is 2. The van der Waals surface area contributed by atoms with Crippen LogP contribution in [0.4, 0.5) is 10.8 Å². The van der Waals surface area contributed by atoms with Gasteiger partial charge in [-0.25, -0.2) is 0 Å². The molecular weight excluding hydrogens is 406 g/mol. The highest BCUT2D eigenvalue weighted by Crippen LogP contribution is 2.24. The van der Waals surface area contributed by atoms with Crippen molar-refractivity contribution in [1.82, 2.24) is 10.3 Å². The Morgan fingerprint density at radius 2 is 2.00 bits per heavy atom. The lowest BCUT2D eigenvalue weighted by Gasteiger charge is -2.19. The Morgan fingerprint density at radius 1 is 1.23 bits per heavy atom. The van der Waals surface area contributed by atoms with Crippen LogP contribution in [0, 0.1) is 0 Å². The summed E-state index contributed by atoms with van der Waals surface area (Å²) in [6.45, 7) is 0.409. The quantitative estimate of drug-likeness (QED) is 0.565. The molecular formula is C21H21N3O5S. The number of thioether (sulfide) groups is 1. The topological polar surface area (TPSA) is 105 Å². The summed E-state index contributed by atoms with van der Waals surface area (Å²) in [5.41, 5.74) is 2.40. The number of likely N-dealkylation sites (N-methyl/N-ethyl adjacent to an activating group) is 1. The Kier molecular flexibility index (Phi) is 5.91. The van der Waals surface area contributed by atoms with Gasteiger partial charge in [0.1, 0.15) is 24.0 Å². The third-order valence-electron chi connectivity index (χ3n) is 4.65. The number of hydrogen-bond donors (Lipinski definition) is 2. The van der Waals surface area contributed by atoms with Crippen molar-refractivity contribution in [2.24, 2.45) is 0 Å². The molecule has 0 radical (unpaired) electrons. The maximum absolute atomic E-state index is 11.7. The van der Waals surface area contributed by atoms with Crippen molar-refractivity contribution in [2.75, 3.05) is 25.1 Å². The maximum atomic E-state index is 11.7. The number of hydrogen-bond acceptors (Lipinski definition) is 8. The standard InChI is InChI=1S/C21H21N3O5S/c1-24(20-22-16-4-2-3-5-17(16)29-20)11-14(25)12-28-15-8-6-13(7-9-15)10-18-19(26)23-21(27)30-18/h2-9,14,18,25H,10-12H2,1H3,(H,23,26,27). The number of oxazole rings is 1. The summed E-state index contributed by atoms with van der Waals surface area (Å²) >= 11 is 1.01. The Morgan fingerprint density at radius 3 is 2.70 bits per heavy atom. The van der Waals surface area contributed by atoms with E-state index < -0.39 is 11.4 Å². The van der Waals surface area contributed by atoms with Crippen molar-refractivity contribution in [2.45, 2.75) is 17.8 Å². The second kappa shape index (κ2) is 8.76. The van der Waals surface area contributed by atoms with Crippen molar-refractivity contribution < 1.29 is 23.8 Å². The van der Waals surface area contributed by atoms with Crippen LogP contribution in [0.5, 0.6) is 5.75 Å². The minimum absolute atomic E-state index is 0.110. The van der Waals surface area contributed by atoms with Crippen molar-refractivity contribution in [1.29, 1.82) is 0 Å². The summed E-state index contributed by atoms with van der Waals surface area (Å²) < 4.78 is 11.3. The van der Waals surface area contributed by atoms with Crippen molar-refractivity contribution in [3.05, 3.63) is 54.1 Å². The molecule has 2 heterocycles. The number of aliphatic hydroxyl groups is 1. The maximum Gasteiger partial charge on any atom is 0.298 e. The number of benzene rings is 2. The molecule has 4 rings (SSSR count). The SMILES string of the molecule is CN(CC(O)COc1ccc(CC2SC(=O)NC2=O)cc1)c1nc2ccccc2o1. The van der Waals surface area contributed by atoms with E-state index in [4.69, 9.17) is 9.15 Å². The highest BCUT2D eigenvalue weighted by Gasteiger charge is 2.31. The molecule has 0 bridgehead atoms. The third kappa shape index (κ3) is 4.74. The lowest BCUT2D eigenvalue weighted by Crippen LogP contribution is -2.33. The fourth-order valence-corrected chi connectivity index (χ4v) is 3.99. The zero-order chi connectivity index (χ0) is 21.1. The van der Waals surface area contributed by atoms with Crippen LogP contribution in [0.15, 0.2) is 52.9 Å². The van der Waals surface area contributed by atoms with E-state index in [1.165, 1.54) is 0 Å². The highest BCUT2D eigenvalue weighted by molar-refractivity contribution is 8.15. The first kappa shape index (κ1) is 20.2. The van der Waals surface area contributed by atoms with Gasteiger partial charge < -0.3 is 19.2 Å². The van der Waals surface area contributed by atoms with Crippen LogP contribution in [0.25, 0.3) is 11.1 Å². The molecule has 1 aromatic heterocycles. The molecule has 2 N–H and O–H groups in total. The average Bonchev–Trinajstić information content (AvgIpc) is 3.30. The summed E-state index contributed by atoms with van der Waals surface area (Å²) in [5.74, 6) is 0.360. The second-order valence-electron chi connectivity index (χ2n) is 7.04. The molecule has 1 aliphatic rings. The summed E-state index contributed by atoms with van der Waals surface area (Å²) in [5, 5.41) is 11.9. The van der Waals surface area contributed by atoms with Gasteiger partial charge >= 0.3 is 0 Å². The first-order valence-corrected chi connectivity index (χ1v) is 10.3. The van der Waals surface area contributed by atoms with E-state index >= 15 is 0 Å². The number of imide groups is 1. The van der Waals surface area contributed by atoms with E-state index in [1.807, 2.05) is 36.4 Å². The number of rotatable bonds is 8. The van der Waals surface area contributed by atoms with Crippen molar-refractivity contribution >= 4 is 40.0 Å². The van der Waals surface area contributed by atoms with Gasteiger partial charge in [-0.3, -0.25) is 14.9 Å². The van der Waals surface area contributed by atoms with Crippen molar-refractivity contribution in [3.8, 4) is 5.75 Å². The van der Waals surface area contributed by atoms with E-state index in [2.05, 4.69) is 10.3 Å². The number of ether oxygens (including phenoxy) is 1. The van der Waals surface area contributed by atoms with Crippen LogP contribution in [-0.4, -0.2) is 52.8 Å². The summed E-state index contributed by atoms with van der Waals surface area (Å²) in [6, 6.07) is 15.2. The van der Waals surface area contributed by atoms with Gasteiger partial charge in [0.25, 0.3) is 11.3 Å². The van der Waals surface area contributed by atoms with E-state index in [1.54, 1.807) is 24.1 Å². The minimum Gasteiger partial charge on any atom is -0.491 e. The number of anilines is 1. The van der Waals surface area contributed by atoms with E-state index in [9.17, 15) is 14.7 Å². The monoisotopic (exact) mass is 427 g/mol. The molecule has 9 heteroatoms. The second-order valence-corrected chi connectivity index (χ2v) is 8.22. The normalized spacial score (nSPS) is 17.2. The first-order valence-electron chi connectivity index (χ1n) is 9.46. The predicted molar refractivity (Wildman–Crippen MR) is 114 cm³/mol. The Hall–Kier alpha value is -3.04. The molecule has 3 aromatic rings. The van der Waals surface area contributed by atoms with Crippen LogP contribution in [-0.2, 0) is 11.2 Å². The molecule has 0 aliphatic carbocycles. The van der Waals surface area contributed by atoms with Gasteiger partial charge in [-0.2, -0.15) is 4.98 Å². The number of nitrogens with one attached hydrogen (secondary N) is 1. The number of aliphatic hydroxyl groups excluding tert-OH is 1. The molecule has 8 nitrogen and oxygen atoms in total. The predicted octanol–water partition coefficient (Wildman–Crippen LogP) is 2.60. The average molecular weight is 427 g/mol. The molecule has 1 fully saturated rings.